The fraction of sp³-hybridized carbons (Fsp3) is 0.231. The number of aryl methyl sites for hydroxylation is 3. The Bertz CT molecular complexity index is 656. The highest BCUT2D eigenvalue weighted by Gasteiger charge is 2.11. The molecule has 1 aromatic carbocycles. The van der Waals surface area contributed by atoms with Crippen LogP contribution in [0.5, 0.6) is 0 Å². The highest BCUT2D eigenvalue weighted by atomic mass is 15.1. The molecule has 2 heterocycles. The van der Waals surface area contributed by atoms with Gasteiger partial charge in [-0.1, -0.05) is 12.1 Å². The second kappa shape index (κ2) is 2.66. The van der Waals surface area contributed by atoms with Crippen LogP contribution in [-0.4, -0.2) is 8.97 Å². The number of aromatic nitrogens is 2. The quantitative estimate of drug-likeness (QED) is 0.525. The Labute approximate surface area is 88.7 Å². The Balaban J connectivity index is 2.67. The van der Waals surface area contributed by atoms with Gasteiger partial charge in [0.25, 0.3) is 0 Å². The lowest BCUT2D eigenvalue weighted by Crippen LogP contribution is -1.88. The summed E-state index contributed by atoms with van der Waals surface area (Å²) in [6, 6.07) is 8.51. The highest BCUT2D eigenvalue weighted by molar-refractivity contribution is 5.83. The van der Waals surface area contributed by atoms with Crippen molar-refractivity contribution in [2.75, 3.05) is 0 Å². The molecule has 0 bridgehead atoms. The van der Waals surface area contributed by atoms with Crippen molar-refractivity contribution < 1.29 is 0 Å². The van der Waals surface area contributed by atoms with Crippen LogP contribution < -0.4 is 0 Å². The van der Waals surface area contributed by atoms with E-state index in [9.17, 15) is 0 Å². The van der Waals surface area contributed by atoms with Crippen LogP contribution in [0.2, 0.25) is 0 Å². The van der Waals surface area contributed by atoms with Crippen molar-refractivity contribution in [3.63, 3.8) is 0 Å². The molecule has 76 valence electrons. The number of rotatable bonds is 0. The third kappa shape index (κ3) is 0.938. The maximum atomic E-state index is 2.28. The predicted octanol–water partition coefficient (Wildman–Crippen LogP) is 3.05. The minimum atomic E-state index is 1.28. The standard InChI is InChI=1S/C13H14N2/c1-9-8-15-12-7-5-4-6-11(12)14(3)13(15)10(9)2/h4-8H,1-3H3. The molecule has 0 aliphatic rings. The van der Waals surface area contributed by atoms with E-state index in [2.05, 4.69) is 60.3 Å². The number of imidazole rings is 1. The molecule has 2 heteroatoms. The number of hydrogen-bond acceptors (Lipinski definition) is 0. The van der Waals surface area contributed by atoms with Crippen LogP contribution in [0.3, 0.4) is 0 Å². The molecule has 0 aliphatic heterocycles. The summed E-state index contributed by atoms with van der Waals surface area (Å²) in [4.78, 5) is 0. The monoisotopic (exact) mass is 198 g/mol. The van der Waals surface area contributed by atoms with E-state index in [1.165, 1.54) is 27.8 Å². The molecule has 2 nitrogen and oxygen atoms in total. The van der Waals surface area contributed by atoms with Gasteiger partial charge in [-0.3, -0.25) is 0 Å². The molecular weight excluding hydrogens is 184 g/mol. The van der Waals surface area contributed by atoms with Gasteiger partial charge in [-0.2, -0.15) is 0 Å². The highest BCUT2D eigenvalue weighted by Crippen LogP contribution is 2.25. The number of hydrogen-bond donors (Lipinski definition) is 0. The number of benzene rings is 1. The predicted molar refractivity (Wildman–Crippen MR) is 63.3 cm³/mol. The van der Waals surface area contributed by atoms with Crippen molar-refractivity contribution >= 4 is 16.7 Å². The van der Waals surface area contributed by atoms with Gasteiger partial charge in [0, 0.05) is 13.2 Å². The van der Waals surface area contributed by atoms with Gasteiger partial charge in [-0.15, -0.1) is 0 Å². The van der Waals surface area contributed by atoms with Crippen LogP contribution in [0.1, 0.15) is 11.1 Å². The molecule has 3 aromatic rings. The van der Waals surface area contributed by atoms with E-state index in [-0.39, 0.29) is 0 Å². The van der Waals surface area contributed by atoms with E-state index < -0.39 is 0 Å². The first kappa shape index (κ1) is 8.60. The van der Waals surface area contributed by atoms with Crippen LogP contribution in [0, 0.1) is 13.8 Å². The van der Waals surface area contributed by atoms with Gasteiger partial charge in [0.2, 0.25) is 0 Å². The van der Waals surface area contributed by atoms with Gasteiger partial charge in [0.15, 0.2) is 0 Å². The first-order valence-corrected chi connectivity index (χ1v) is 5.22. The smallest absolute Gasteiger partial charge is 0.120 e. The van der Waals surface area contributed by atoms with Crippen molar-refractivity contribution in [3.8, 4) is 0 Å². The summed E-state index contributed by atoms with van der Waals surface area (Å²) in [6.45, 7) is 4.35. The molecule has 15 heavy (non-hydrogen) atoms. The van der Waals surface area contributed by atoms with Crippen LogP contribution in [0.15, 0.2) is 30.5 Å². The van der Waals surface area contributed by atoms with E-state index in [4.69, 9.17) is 0 Å². The Morgan fingerprint density at radius 2 is 1.67 bits per heavy atom. The van der Waals surface area contributed by atoms with Crippen molar-refractivity contribution in [2.24, 2.45) is 7.05 Å². The zero-order chi connectivity index (χ0) is 10.6. The first-order valence-electron chi connectivity index (χ1n) is 5.22. The van der Waals surface area contributed by atoms with Crippen LogP contribution >= 0.6 is 0 Å². The van der Waals surface area contributed by atoms with Crippen molar-refractivity contribution in [2.45, 2.75) is 13.8 Å². The lowest BCUT2D eigenvalue weighted by atomic mass is 10.2. The second-order valence-corrected chi connectivity index (χ2v) is 4.18. The fourth-order valence-corrected chi connectivity index (χ4v) is 2.37. The Morgan fingerprint density at radius 1 is 1.00 bits per heavy atom. The lowest BCUT2D eigenvalue weighted by Gasteiger charge is -1.96. The Hall–Kier alpha value is -1.70. The maximum Gasteiger partial charge on any atom is 0.120 e. The van der Waals surface area contributed by atoms with Crippen LogP contribution in [0.25, 0.3) is 16.7 Å². The minimum absolute atomic E-state index is 1.28. The third-order valence-corrected chi connectivity index (χ3v) is 3.30. The molecule has 0 saturated carbocycles. The SMILES string of the molecule is Cc1cn2c3ccccc3n(C)c2c1C. The average Bonchev–Trinajstić information content (AvgIpc) is 2.68. The van der Waals surface area contributed by atoms with Crippen molar-refractivity contribution in [1.82, 2.24) is 8.97 Å². The van der Waals surface area contributed by atoms with Crippen LogP contribution in [-0.2, 0) is 7.05 Å². The van der Waals surface area contributed by atoms with Crippen molar-refractivity contribution in [3.05, 3.63) is 41.6 Å². The lowest BCUT2D eigenvalue weighted by molar-refractivity contribution is 0.987. The summed E-state index contributed by atoms with van der Waals surface area (Å²) >= 11 is 0. The zero-order valence-corrected chi connectivity index (χ0v) is 9.28. The molecule has 0 radical (unpaired) electrons. The molecule has 2 aromatic heterocycles. The summed E-state index contributed by atoms with van der Waals surface area (Å²) in [6.07, 6.45) is 2.22. The van der Waals surface area contributed by atoms with E-state index in [1.54, 1.807) is 0 Å². The molecule has 0 spiro atoms. The van der Waals surface area contributed by atoms with E-state index in [1.807, 2.05) is 0 Å². The van der Waals surface area contributed by atoms with Gasteiger partial charge in [0.1, 0.15) is 5.65 Å². The zero-order valence-electron chi connectivity index (χ0n) is 9.28. The summed E-state index contributed by atoms with van der Waals surface area (Å²) in [5.74, 6) is 0. The average molecular weight is 198 g/mol. The van der Waals surface area contributed by atoms with Crippen LogP contribution in [0.4, 0.5) is 0 Å². The normalized spacial score (nSPS) is 11.7. The minimum Gasteiger partial charge on any atom is -0.329 e. The largest absolute Gasteiger partial charge is 0.329 e. The first-order chi connectivity index (χ1) is 7.20. The van der Waals surface area contributed by atoms with Gasteiger partial charge >= 0.3 is 0 Å². The molecule has 3 rings (SSSR count). The Morgan fingerprint density at radius 3 is 2.40 bits per heavy atom. The van der Waals surface area contributed by atoms with E-state index in [0.717, 1.165) is 0 Å². The van der Waals surface area contributed by atoms with E-state index in [0.29, 0.717) is 0 Å². The summed E-state index contributed by atoms with van der Waals surface area (Å²) < 4.78 is 4.54. The molecule has 0 unspecified atom stereocenters. The number of para-hydroxylation sites is 2. The van der Waals surface area contributed by atoms with Gasteiger partial charge < -0.3 is 8.97 Å². The van der Waals surface area contributed by atoms with Gasteiger partial charge in [0.05, 0.1) is 11.0 Å². The maximum absolute atomic E-state index is 2.28. The molecule has 0 fully saturated rings. The Kier molecular flexibility index (Phi) is 1.52. The summed E-state index contributed by atoms with van der Waals surface area (Å²) in [5, 5.41) is 0. The van der Waals surface area contributed by atoms with E-state index >= 15 is 0 Å². The van der Waals surface area contributed by atoms with Gasteiger partial charge in [-0.25, -0.2) is 0 Å². The second-order valence-electron chi connectivity index (χ2n) is 4.18. The van der Waals surface area contributed by atoms with Crippen molar-refractivity contribution in [1.29, 1.82) is 0 Å². The molecule has 0 aliphatic carbocycles. The van der Waals surface area contributed by atoms with Gasteiger partial charge in [-0.05, 0) is 37.1 Å². The number of nitrogens with zero attached hydrogens (tertiary/aromatic N) is 2. The third-order valence-electron chi connectivity index (χ3n) is 3.30. The summed E-state index contributed by atoms with van der Waals surface area (Å²) in [7, 11) is 2.13. The molecule has 0 atom stereocenters. The summed E-state index contributed by atoms with van der Waals surface area (Å²) in [5.41, 5.74) is 6.59. The number of fused-ring (bicyclic) bond motifs is 3. The molecule has 0 saturated heterocycles. The topological polar surface area (TPSA) is 9.34 Å². The fourth-order valence-electron chi connectivity index (χ4n) is 2.37. The molecule has 0 N–H and O–H groups in total. The molecule has 0 amide bonds. The molecular formula is C13H14N2.